The third-order valence-electron chi connectivity index (χ3n) is 4.74. The molecule has 0 bridgehead atoms. The van der Waals surface area contributed by atoms with Gasteiger partial charge < -0.3 is 16.2 Å². The molecule has 0 fully saturated rings. The van der Waals surface area contributed by atoms with Crippen molar-refractivity contribution < 1.29 is 9.90 Å². The van der Waals surface area contributed by atoms with Gasteiger partial charge in [-0.2, -0.15) is 0 Å². The number of carbonyl (C=O) groups is 1. The Morgan fingerprint density at radius 1 is 1.04 bits per heavy atom. The minimum absolute atomic E-state index is 0.253. The van der Waals surface area contributed by atoms with Gasteiger partial charge in [-0.1, -0.05) is 38.3 Å². The molecule has 0 saturated carbocycles. The van der Waals surface area contributed by atoms with Gasteiger partial charge in [-0.25, -0.2) is 0 Å². The fourth-order valence-electron chi connectivity index (χ4n) is 3.33. The number of carboxylic acids is 1. The van der Waals surface area contributed by atoms with Gasteiger partial charge in [0.25, 0.3) is 0 Å². The van der Waals surface area contributed by atoms with E-state index in [1.165, 1.54) is 38.5 Å². The number of unbranched alkanes of at least 4 members (excludes halogenated alkanes) is 5. The van der Waals surface area contributed by atoms with Gasteiger partial charge >= 0.3 is 5.97 Å². The first kappa shape index (κ1) is 23.1. The van der Waals surface area contributed by atoms with Crippen LogP contribution in [-0.2, 0) is 4.79 Å². The zero-order valence-electron chi connectivity index (χ0n) is 15.9. The standard InChI is InChI=1S/C20H40N2O2/c1-3-4-5-6-7-8-9-10-11-12-19(17-22-2)18(15-16-21)13-14-20(23)24/h8-9,18-19,22H,3-7,10-17,21H2,1-2H3,(H,23,24)/b9-8-/t18-,19+/m0/s1. The van der Waals surface area contributed by atoms with Crippen molar-refractivity contribution in [2.24, 2.45) is 17.6 Å². The van der Waals surface area contributed by atoms with E-state index in [-0.39, 0.29) is 6.42 Å². The number of nitrogens with two attached hydrogens (primary N) is 1. The summed E-state index contributed by atoms with van der Waals surface area (Å²) in [6.45, 7) is 3.83. The molecule has 4 N–H and O–H groups in total. The van der Waals surface area contributed by atoms with E-state index in [0.29, 0.717) is 18.4 Å². The SMILES string of the molecule is CCCCCC/C=C\CCC[C@H](CNC)[C@H](CCN)CCC(=O)O. The summed E-state index contributed by atoms with van der Waals surface area (Å²) in [5, 5.41) is 12.2. The molecule has 24 heavy (non-hydrogen) atoms. The molecule has 4 heteroatoms. The third kappa shape index (κ3) is 13.6. The summed E-state index contributed by atoms with van der Waals surface area (Å²) in [7, 11) is 1.97. The summed E-state index contributed by atoms with van der Waals surface area (Å²) in [5.41, 5.74) is 5.74. The number of allylic oxidation sites excluding steroid dienone is 2. The molecule has 142 valence electrons. The molecule has 0 rings (SSSR count). The average Bonchev–Trinajstić information content (AvgIpc) is 2.56. The molecule has 0 aliphatic rings. The minimum atomic E-state index is -0.703. The number of aliphatic carboxylic acids is 1. The van der Waals surface area contributed by atoms with Crippen molar-refractivity contribution in [1.29, 1.82) is 0 Å². The molecule has 0 unspecified atom stereocenters. The Morgan fingerprint density at radius 3 is 2.33 bits per heavy atom. The van der Waals surface area contributed by atoms with Gasteiger partial charge in [0.1, 0.15) is 0 Å². The highest BCUT2D eigenvalue weighted by Crippen LogP contribution is 2.25. The van der Waals surface area contributed by atoms with Crippen molar-refractivity contribution in [1.82, 2.24) is 5.32 Å². The Bertz CT molecular complexity index is 319. The molecule has 0 aromatic rings. The number of hydrogen-bond donors (Lipinski definition) is 3. The van der Waals surface area contributed by atoms with Crippen LogP contribution in [0.4, 0.5) is 0 Å². The van der Waals surface area contributed by atoms with E-state index in [9.17, 15) is 4.79 Å². The van der Waals surface area contributed by atoms with Gasteiger partial charge in [0.05, 0.1) is 0 Å². The molecule has 0 radical (unpaired) electrons. The Kier molecular flexibility index (Phi) is 16.4. The molecular weight excluding hydrogens is 300 g/mol. The molecule has 0 aliphatic heterocycles. The van der Waals surface area contributed by atoms with Gasteiger partial charge in [0.2, 0.25) is 0 Å². The monoisotopic (exact) mass is 340 g/mol. The lowest BCUT2D eigenvalue weighted by Gasteiger charge is -2.26. The van der Waals surface area contributed by atoms with Crippen LogP contribution in [0.2, 0.25) is 0 Å². The molecular formula is C20H40N2O2. The maximum Gasteiger partial charge on any atom is 0.303 e. The highest BCUT2D eigenvalue weighted by Gasteiger charge is 2.20. The van der Waals surface area contributed by atoms with Crippen LogP contribution in [0.3, 0.4) is 0 Å². The topological polar surface area (TPSA) is 75.3 Å². The van der Waals surface area contributed by atoms with E-state index in [0.717, 1.165) is 32.2 Å². The average molecular weight is 341 g/mol. The van der Waals surface area contributed by atoms with Crippen LogP contribution in [0, 0.1) is 11.8 Å². The first-order chi connectivity index (χ1) is 11.7. The maximum atomic E-state index is 10.9. The van der Waals surface area contributed by atoms with Gasteiger partial charge in [-0.05, 0) is 76.9 Å². The van der Waals surface area contributed by atoms with Crippen LogP contribution in [0.15, 0.2) is 12.2 Å². The Morgan fingerprint density at radius 2 is 1.75 bits per heavy atom. The molecule has 2 atom stereocenters. The summed E-state index contributed by atoms with van der Waals surface area (Å²) in [6, 6.07) is 0. The lowest BCUT2D eigenvalue weighted by Crippen LogP contribution is -2.28. The maximum absolute atomic E-state index is 10.9. The fourth-order valence-corrected chi connectivity index (χ4v) is 3.33. The first-order valence-electron chi connectivity index (χ1n) is 9.87. The van der Waals surface area contributed by atoms with E-state index in [4.69, 9.17) is 10.8 Å². The zero-order valence-corrected chi connectivity index (χ0v) is 15.9. The zero-order chi connectivity index (χ0) is 18.0. The van der Waals surface area contributed by atoms with Crippen molar-refractivity contribution in [2.75, 3.05) is 20.1 Å². The molecule has 4 nitrogen and oxygen atoms in total. The quantitative estimate of drug-likeness (QED) is 0.272. The van der Waals surface area contributed by atoms with E-state index >= 15 is 0 Å². The molecule has 0 aromatic heterocycles. The van der Waals surface area contributed by atoms with Crippen LogP contribution in [0.1, 0.15) is 77.6 Å². The highest BCUT2D eigenvalue weighted by molar-refractivity contribution is 5.66. The van der Waals surface area contributed by atoms with Gasteiger partial charge in [-0.15, -0.1) is 0 Å². The molecule has 0 heterocycles. The summed E-state index contributed by atoms with van der Waals surface area (Å²) in [5.74, 6) is 0.235. The molecule has 0 aromatic carbocycles. The third-order valence-corrected chi connectivity index (χ3v) is 4.74. The Labute approximate surface area is 149 Å². The Balaban J connectivity index is 4.10. The van der Waals surface area contributed by atoms with Gasteiger partial charge in [-0.3, -0.25) is 4.79 Å². The van der Waals surface area contributed by atoms with Crippen molar-refractivity contribution in [2.45, 2.75) is 77.6 Å². The second-order valence-electron chi connectivity index (χ2n) is 6.84. The van der Waals surface area contributed by atoms with Crippen molar-refractivity contribution in [3.8, 4) is 0 Å². The van der Waals surface area contributed by atoms with E-state index < -0.39 is 5.97 Å². The van der Waals surface area contributed by atoms with Gasteiger partial charge in [0.15, 0.2) is 0 Å². The summed E-state index contributed by atoms with van der Waals surface area (Å²) in [6.07, 6.45) is 16.5. The molecule has 0 amide bonds. The number of carboxylic acid groups (broad SMARTS) is 1. The van der Waals surface area contributed by atoms with E-state index in [2.05, 4.69) is 24.4 Å². The van der Waals surface area contributed by atoms with Crippen LogP contribution in [0.25, 0.3) is 0 Å². The molecule has 0 spiro atoms. The van der Waals surface area contributed by atoms with E-state index in [1.807, 2.05) is 7.05 Å². The summed E-state index contributed by atoms with van der Waals surface area (Å²) < 4.78 is 0. The van der Waals surface area contributed by atoms with Crippen LogP contribution >= 0.6 is 0 Å². The largest absolute Gasteiger partial charge is 0.481 e. The lowest BCUT2D eigenvalue weighted by molar-refractivity contribution is -0.137. The normalized spacial score (nSPS) is 14.1. The number of nitrogens with one attached hydrogen (secondary N) is 1. The smallest absolute Gasteiger partial charge is 0.303 e. The number of rotatable bonds is 17. The van der Waals surface area contributed by atoms with Crippen molar-refractivity contribution >= 4 is 5.97 Å². The minimum Gasteiger partial charge on any atom is -0.481 e. The second-order valence-corrected chi connectivity index (χ2v) is 6.84. The van der Waals surface area contributed by atoms with Crippen molar-refractivity contribution in [3.63, 3.8) is 0 Å². The predicted molar refractivity (Wildman–Crippen MR) is 103 cm³/mol. The summed E-state index contributed by atoms with van der Waals surface area (Å²) >= 11 is 0. The predicted octanol–water partition coefficient (Wildman–Crippen LogP) is 4.35. The van der Waals surface area contributed by atoms with E-state index in [1.54, 1.807) is 0 Å². The Hall–Kier alpha value is -0.870. The summed E-state index contributed by atoms with van der Waals surface area (Å²) in [4.78, 5) is 10.9. The van der Waals surface area contributed by atoms with Crippen LogP contribution in [0.5, 0.6) is 0 Å². The molecule has 0 aliphatic carbocycles. The highest BCUT2D eigenvalue weighted by atomic mass is 16.4. The number of hydrogen-bond acceptors (Lipinski definition) is 3. The first-order valence-corrected chi connectivity index (χ1v) is 9.87. The lowest BCUT2D eigenvalue weighted by atomic mass is 9.82. The van der Waals surface area contributed by atoms with Crippen molar-refractivity contribution in [3.05, 3.63) is 12.2 Å². The van der Waals surface area contributed by atoms with Crippen LogP contribution < -0.4 is 11.1 Å². The van der Waals surface area contributed by atoms with Gasteiger partial charge in [0, 0.05) is 6.42 Å². The fraction of sp³-hybridized carbons (Fsp3) is 0.850. The molecule has 0 saturated heterocycles. The second kappa shape index (κ2) is 17.0. The van der Waals surface area contributed by atoms with Crippen LogP contribution in [-0.4, -0.2) is 31.2 Å².